The highest BCUT2D eigenvalue weighted by Gasteiger charge is 2.49. The van der Waals surface area contributed by atoms with Crippen molar-refractivity contribution >= 4 is 46.6 Å². The summed E-state index contributed by atoms with van der Waals surface area (Å²) in [5.41, 5.74) is 0.621. The number of amides is 2. The molecule has 0 saturated carbocycles. The maximum Gasteiger partial charge on any atom is 0.295 e. The Hall–Kier alpha value is -2.94. The fourth-order valence-electron chi connectivity index (χ4n) is 4.13. The van der Waals surface area contributed by atoms with Crippen LogP contribution in [0.1, 0.15) is 39.4 Å². The van der Waals surface area contributed by atoms with Crippen LogP contribution < -0.4 is 5.32 Å². The average molecular weight is 426 g/mol. The molecule has 0 bridgehead atoms. The first-order valence-corrected chi connectivity index (χ1v) is 9.51. The Kier molecular flexibility index (Phi) is 4.57. The Balaban J connectivity index is 1.90. The number of carbonyl (C=O) groups is 4. The second kappa shape index (κ2) is 6.84. The molecule has 0 aromatic heterocycles. The predicted molar refractivity (Wildman–Crippen MR) is 107 cm³/mol. The van der Waals surface area contributed by atoms with Gasteiger partial charge in [0.1, 0.15) is 5.92 Å². The lowest BCUT2D eigenvalue weighted by atomic mass is 9.74. The number of Topliss-reactive ketones (excluding diaryl/α,β-unsaturated/α-hetero) is 2. The van der Waals surface area contributed by atoms with Crippen LogP contribution in [0, 0.1) is 12.3 Å². The monoisotopic (exact) mass is 425 g/mol. The molecule has 2 amide bonds. The predicted octanol–water partition coefficient (Wildman–Crippen LogP) is 3.00. The Bertz CT molecular complexity index is 1150. The molecular formula is C22H13Cl2NO4. The lowest BCUT2D eigenvalue weighted by molar-refractivity contribution is -0.135. The minimum Gasteiger partial charge on any atom is -0.293 e. The van der Waals surface area contributed by atoms with E-state index in [1.807, 2.05) is 35.6 Å². The molecule has 5 nitrogen and oxygen atoms in total. The molecule has 1 heterocycles. The molecule has 2 aromatic rings. The third kappa shape index (κ3) is 2.71. The quantitative estimate of drug-likeness (QED) is 0.354. The second-order valence-corrected chi connectivity index (χ2v) is 7.83. The van der Waals surface area contributed by atoms with Crippen LogP contribution in [0.2, 0.25) is 10.0 Å². The van der Waals surface area contributed by atoms with E-state index < -0.39 is 28.9 Å². The van der Waals surface area contributed by atoms with E-state index in [-0.39, 0.29) is 39.8 Å². The molecule has 4 rings (SSSR count). The number of benzene rings is 2. The molecule has 1 aliphatic heterocycles. The molecule has 1 aliphatic carbocycles. The first-order chi connectivity index (χ1) is 13.8. The van der Waals surface area contributed by atoms with Crippen molar-refractivity contribution in [3.8, 4) is 12.3 Å². The normalized spacial score (nSPS) is 23.1. The second-order valence-electron chi connectivity index (χ2n) is 7.08. The van der Waals surface area contributed by atoms with Gasteiger partial charge >= 0.3 is 0 Å². The number of imide groups is 1. The van der Waals surface area contributed by atoms with Crippen LogP contribution in [0.25, 0.3) is 0 Å². The summed E-state index contributed by atoms with van der Waals surface area (Å²) in [5.74, 6) is -1.72. The topological polar surface area (TPSA) is 80.3 Å². The molecule has 29 heavy (non-hydrogen) atoms. The standard InChI is InChI=1S/C22H13Cl2NO4/c1-2-8-22(12-6-4-3-5-7-12)10-11-9-13(15-18(26)21(29)25-20(15)28)16(23)17(24)14(11)19(22)27/h1,3-7,9,15H,8,10H2,(H,25,28,29). The Morgan fingerprint density at radius 3 is 2.38 bits per heavy atom. The molecule has 2 atom stereocenters. The number of fused-ring (bicyclic) bond motifs is 1. The van der Waals surface area contributed by atoms with Crippen molar-refractivity contribution in [2.24, 2.45) is 0 Å². The van der Waals surface area contributed by atoms with Gasteiger partial charge in [0.2, 0.25) is 11.7 Å². The van der Waals surface area contributed by atoms with Crippen LogP contribution in [-0.2, 0) is 26.2 Å². The van der Waals surface area contributed by atoms with Gasteiger partial charge in [0.25, 0.3) is 5.91 Å². The van der Waals surface area contributed by atoms with E-state index in [0.29, 0.717) is 5.56 Å². The number of ketones is 2. The van der Waals surface area contributed by atoms with Gasteiger partial charge in [-0.3, -0.25) is 24.5 Å². The highest BCUT2D eigenvalue weighted by atomic mass is 35.5. The van der Waals surface area contributed by atoms with Crippen molar-refractivity contribution in [1.29, 1.82) is 0 Å². The van der Waals surface area contributed by atoms with Crippen LogP contribution in [0.4, 0.5) is 0 Å². The average Bonchev–Trinajstić information content (AvgIpc) is 3.13. The number of carbonyl (C=O) groups excluding carboxylic acids is 4. The maximum absolute atomic E-state index is 13.5. The molecule has 7 heteroatoms. The molecule has 2 aliphatic rings. The van der Waals surface area contributed by atoms with Gasteiger partial charge in [-0.05, 0) is 23.1 Å². The van der Waals surface area contributed by atoms with Crippen molar-refractivity contribution in [3.05, 3.63) is 68.7 Å². The van der Waals surface area contributed by atoms with Gasteiger partial charge < -0.3 is 0 Å². The number of hydrogen-bond acceptors (Lipinski definition) is 4. The summed E-state index contributed by atoms with van der Waals surface area (Å²) in [6, 6.07) is 10.6. The maximum atomic E-state index is 13.5. The van der Waals surface area contributed by atoms with E-state index >= 15 is 0 Å². The smallest absolute Gasteiger partial charge is 0.293 e. The first-order valence-electron chi connectivity index (χ1n) is 8.75. The summed E-state index contributed by atoms with van der Waals surface area (Å²) in [4.78, 5) is 49.3. The number of rotatable bonds is 3. The summed E-state index contributed by atoms with van der Waals surface area (Å²) in [5, 5.41) is 1.84. The largest absolute Gasteiger partial charge is 0.295 e. The highest BCUT2D eigenvalue weighted by Crippen LogP contribution is 2.48. The van der Waals surface area contributed by atoms with Gasteiger partial charge in [0, 0.05) is 12.0 Å². The molecule has 144 valence electrons. The third-order valence-corrected chi connectivity index (χ3v) is 6.38. The van der Waals surface area contributed by atoms with Crippen LogP contribution in [0.3, 0.4) is 0 Å². The van der Waals surface area contributed by atoms with Crippen LogP contribution in [-0.4, -0.2) is 23.4 Å². The molecule has 1 fully saturated rings. The van der Waals surface area contributed by atoms with Gasteiger partial charge in [-0.15, -0.1) is 12.3 Å². The van der Waals surface area contributed by atoms with Crippen molar-refractivity contribution in [2.45, 2.75) is 24.2 Å². The minimum absolute atomic E-state index is 0.0426. The Labute approximate surface area is 176 Å². The Morgan fingerprint density at radius 2 is 1.79 bits per heavy atom. The van der Waals surface area contributed by atoms with Gasteiger partial charge in [-0.2, -0.15) is 0 Å². The summed E-state index contributed by atoms with van der Waals surface area (Å²) >= 11 is 12.8. The number of nitrogens with one attached hydrogen (secondary N) is 1. The van der Waals surface area contributed by atoms with Crippen molar-refractivity contribution in [3.63, 3.8) is 0 Å². The van der Waals surface area contributed by atoms with Crippen LogP contribution in [0.15, 0.2) is 36.4 Å². The summed E-state index contributed by atoms with van der Waals surface area (Å²) in [7, 11) is 0. The molecule has 0 spiro atoms. The van der Waals surface area contributed by atoms with Crippen molar-refractivity contribution in [2.75, 3.05) is 0 Å². The minimum atomic E-state index is -1.38. The number of hydrogen-bond donors (Lipinski definition) is 1. The van der Waals surface area contributed by atoms with Gasteiger partial charge in [-0.25, -0.2) is 0 Å². The molecule has 1 saturated heterocycles. The lowest BCUT2D eigenvalue weighted by Crippen LogP contribution is -2.32. The van der Waals surface area contributed by atoms with E-state index in [9.17, 15) is 19.2 Å². The first kappa shape index (κ1) is 19.4. The molecule has 2 unspecified atom stereocenters. The zero-order valence-corrected chi connectivity index (χ0v) is 16.4. The van der Waals surface area contributed by atoms with E-state index in [2.05, 4.69) is 5.92 Å². The SMILES string of the molecule is C#CCC1(c2ccccc2)Cc2cc(C3C(=O)NC(=O)C3=O)c(Cl)c(Cl)c2C1=O. The van der Waals surface area contributed by atoms with E-state index in [4.69, 9.17) is 29.6 Å². The zero-order valence-electron chi connectivity index (χ0n) is 14.9. The van der Waals surface area contributed by atoms with Crippen molar-refractivity contribution < 1.29 is 19.2 Å². The van der Waals surface area contributed by atoms with Crippen LogP contribution >= 0.6 is 23.2 Å². The highest BCUT2D eigenvalue weighted by molar-refractivity contribution is 6.51. The van der Waals surface area contributed by atoms with Crippen molar-refractivity contribution in [1.82, 2.24) is 5.32 Å². The van der Waals surface area contributed by atoms with Gasteiger partial charge in [-0.1, -0.05) is 59.6 Å². The van der Waals surface area contributed by atoms with Gasteiger partial charge in [0.15, 0.2) is 5.78 Å². The van der Waals surface area contributed by atoms with E-state index in [1.165, 1.54) is 6.07 Å². The molecule has 2 aromatic carbocycles. The molecule has 1 N–H and O–H groups in total. The summed E-state index contributed by atoms with van der Waals surface area (Å²) in [6.45, 7) is 0. The fraction of sp³-hybridized carbons (Fsp3) is 0.182. The fourth-order valence-corrected chi connectivity index (χ4v) is 4.70. The van der Waals surface area contributed by atoms with Crippen LogP contribution in [0.5, 0.6) is 0 Å². The lowest BCUT2D eigenvalue weighted by Gasteiger charge is -2.25. The number of halogens is 2. The zero-order chi connectivity index (χ0) is 20.9. The molecular weight excluding hydrogens is 413 g/mol. The molecule has 0 radical (unpaired) electrons. The Morgan fingerprint density at radius 1 is 1.10 bits per heavy atom. The summed E-state index contributed by atoms with van der Waals surface area (Å²) < 4.78 is 0. The summed E-state index contributed by atoms with van der Waals surface area (Å²) in [6.07, 6.45) is 5.97. The van der Waals surface area contributed by atoms with E-state index in [1.54, 1.807) is 0 Å². The third-order valence-electron chi connectivity index (χ3n) is 5.50. The number of terminal acetylenes is 1. The van der Waals surface area contributed by atoms with Gasteiger partial charge in [0.05, 0.1) is 15.5 Å². The van der Waals surface area contributed by atoms with E-state index in [0.717, 1.165) is 5.56 Å².